The van der Waals surface area contributed by atoms with Gasteiger partial charge in [0.2, 0.25) is 0 Å². The molecule has 0 aromatic heterocycles. The van der Waals surface area contributed by atoms with Crippen molar-refractivity contribution in [1.29, 1.82) is 0 Å². The number of nitrogens with one attached hydrogen (secondary N) is 1. The highest BCUT2D eigenvalue weighted by Gasteiger charge is 2.10. The van der Waals surface area contributed by atoms with Gasteiger partial charge in [0.25, 0.3) is 5.91 Å². The van der Waals surface area contributed by atoms with E-state index in [-0.39, 0.29) is 11.9 Å². The number of anilines is 2. The van der Waals surface area contributed by atoms with Crippen molar-refractivity contribution < 1.29 is 4.79 Å². The number of carbonyl (C=O) groups excluding carboxylic acids is 1. The van der Waals surface area contributed by atoms with Gasteiger partial charge in [0.1, 0.15) is 0 Å². The quantitative estimate of drug-likeness (QED) is 0.604. The Morgan fingerprint density at radius 1 is 1.53 bits per heavy atom. The molecule has 1 amide bonds. The Bertz CT molecular complexity index is 460. The van der Waals surface area contributed by atoms with Gasteiger partial charge in [0.15, 0.2) is 0 Å². The number of amides is 1. The summed E-state index contributed by atoms with van der Waals surface area (Å²) in [6.07, 6.45) is 5.20. The van der Waals surface area contributed by atoms with E-state index in [2.05, 4.69) is 11.2 Å². The van der Waals surface area contributed by atoms with E-state index in [0.29, 0.717) is 11.3 Å². The maximum absolute atomic E-state index is 11.8. The highest BCUT2D eigenvalue weighted by Crippen LogP contribution is 2.22. The molecular formula is C13H17N3O. The van der Waals surface area contributed by atoms with Crippen LogP contribution in [-0.2, 0) is 0 Å². The molecule has 4 heteroatoms. The molecule has 0 saturated heterocycles. The Morgan fingerprint density at radius 3 is 2.65 bits per heavy atom. The molecule has 0 bridgehead atoms. The van der Waals surface area contributed by atoms with Crippen LogP contribution < -0.4 is 16.0 Å². The summed E-state index contributed by atoms with van der Waals surface area (Å²) in [6.45, 7) is 1.75. The van der Waals surface area contributed by atoms with Gasteiger partial charge in [0, 0.05) is 19.7 Å². The van der Waals surface area contributed by atoms with Crippen LogP contribution in [0.25, 0.3) is 0 Å². The zero-order valence-corrected chi connectivity index (χ0v) is 10.3. The Morgan fingerprint density at radius 2 is 2.18 bits per heavy atom. The van der Waals surface area contributed by atoms with E-state index in [9.17, 15) is 4.79 Å². The third-order valence-corrected chi connectivity index (χ3v) is 2.37. The highest BCUT2D eigenvalue weighted by atomic mass is 16.1. The second-order valence-corrected chi connectivity index (χ2v) is 4.03. The van der Waals surface area contributed by atoms with Crippen molar-refractivity contribution in [2.75, 3.05) is 24.7 Å². The minimum absolute atomic E-state index is 0.215. The predicted octanol–water partition coefficient (Wildman–Crippen LogP) is 1.09. The van der Waals surface area contributed by atoms with Gasteiger partial charge in [-0.1, -0.05) is 5.92 Å². The van der Waals surface area contributed by atoms with Crippen molar-refractivity contribution >= 4 is 17.3 Å². The van der Waals surface area contributed by atoms with Crippen LogP contribution in [0.15, 0.2) is 18.2 Å². The van der Waals surface area contributed by atoms with Crippen molar-refractivity contribution in [3.8, 4) is 12.3 Å². The van der Waals surface area contributed by atoms with Crippen LogP contribution in [0, 0.1) is 12.3 Å². The molecule has 0 radical (unpaired) electrons. The molecule has 0 aliphatic carbocycles. The van der Waals surface area contributed by atoms with Crippen molar-refractivity contribution in [2.24, 2.45) is 0 Å². The topological polar surface area (TPSA) is 58.4 Å². The maximum Gasteiger partial charge on any atom is 0.252 e. The number of rotatable bonds is 3. The fourth-order valence-corrected chi connectivity index (χ4v) is 1.42. The average molecular weight is 231 g/mol. The summed E-state index contributed by atoms with van der Waals surface area (Å²) in [6, 6.07) is 4.89. The number of carbonyl (C=O) groups is 1. The van der Waals surface area contributed by atoms with Crippen LogP contribution in [0.2, 0.25) is 0 Å². The molecule has 1 atom stereocenters. The molecular weight excluding hydrogens is 214 g/mol. The smallest absolute Gasteiger partial charge is 0.252 e. The van der Waals surface area contributed by atoms with Crippen LogP contribution in [0.5, 0.6) is 0 Å². The van der Waals surface area contributed by atoms with Crippen molar-refractivity contribution in [2.45, 2.75) is 13.0 Å². The molecule has 1 aromatic carbocycles. The maximum atomic E-state index is 11.8. The summed E-state index contributed by atoms with van der Waals surface area (Å²) in [5, 5.41) is 2.68. The third-order valence-electron chi connectivity index (χ3n) is 2.37. The first-order valence-corrected chi connectivity index (χ1v) is 5.29. The van der Waals surface area contributed by atoms with Gasteiger partial charge in [-0.05, 0) is 25.1 Å². The summed E-state index contributed by atoms with van der Waals surface area (Å²) >= 11 is 0. The van der Waals surface area contributed by atoms with Crippen molar-refractivity contribution in [3.63, 3.8) is 0 Å². The summed E-state index contributed by atoms with van der Waals surface area (Å²) < 4.78 is 0. The molecule has 0 spiro atoms. The largest absolute Gasteiger partial charge is 0.397 e. The molecule has 0 fully saturated rings. The Hall–Kier alpha value is -2.15. The average Bonchev–Trinajstić information content (AvgIpc) is 2.28. The molecule has 1 aromatic rings. The summed E-state index contributed by atoms with van der Waals surface area (Å²) in [5.41, 5.74) is 7.82. The van der Waals surface area contributed by atoms with E-state index in [1.54, 1.807) is 19.1 Å². The van der Waals surface area contributed by atoms with E-state index in [4.69, 9.17) is 12.2 Å². The lowest BCUT2D eigenvalue weighted by atomic mass is 10.1. The molecule has 0 saturated carbocycles. The number of benzene rings is 1. The monoisotopic (exact) mass is 231 g/mol. The standard InChI is InChI=1S/C13H17N3O/c1-5-9(2)15-13(17)10-6-7-12(16(3)4)11(14)8-10/h1,6-9H,14H2,2-4H3,(H,15,17). The lowest BCUT2D eigenvalue weighted by Crippen LogP contribution is -2.31. The van der Waals surface area contributed by atoms with Gasteiger partial charge in [-0.3, -0.25) is 4.79 Å². The van der Waals surface area contributed by atoms with Gasteiger partial charge in [-0.25, -0.2) is 0 Å². The van der Waals surface area contributed by atoms with Crippen molar-refractivity contribution in [1.82, 2.24) is 5.32 Å². The highest BCUT2D eigenvalue weighted by molar-refractivity contribution is 5.96. The van der Waals surface area contributed by atoms with E-state index in [0.717, 1.165) is 5.69 Å². The fraction of sp³-hybridized carbons (Fsp3) is 0.308. The fourth-order valence-electron chi connectivity index (χ4n) is 1.42. The van der Waals surface area contributed by atoms with Gasteiger partial charge >= 0.3 is 0 Å². The molecule has 3 N–H and O–H groups in total. The molecule has 90 valence electrons. The minimum atomic E-state index is -0.294. The first-order chi connectivity index (χ1) is 7.95. The van der Waals surface area contributed by atoms with Crippen LogP contribution in [0.3, 0.4) is 0 Å². The SMILES string of the molecule is C#CC(C)NC(=O)c1ccc(N(C)C)c(N)c1. The first-order valence-electron chi connectivity index (χ1n) is 5.29. The summed E-state index contributed by atoms with van der Waals surface area (Å²) in [5.74, 6) is 2.22. The number of hydrogen-bond acceptors (Lipinski definition) is 3. The third kappa shape index (κ3) is 3.15. The molecule has 0 heterocycles. The van der Waals surface area contributed by atoms with E-state index in [1.807, 2.05) is 25.1 Å². The van der Waals surface area contributed by atoms with E-state index >= 15 is 0 Å². The molecule has 1 unspecified atom stereocenters. The molecule has 1 rings (SSSR count). The van der Waals surface area contributed by atoms with Gasteiger partial charge in [0.05, 0.1) is 17.4 Å². The normalized spacial score (nSPS) is 11.4. The Balaban J connectivity index is 2.91. The molecule has 17 heavy (non-hydrogen) atoms. The van der Waals surface area contributed by atoms with Crippen LogP contribution >= 0.6 is 0 Å². The van der Waals surface area contributed by atoms with Gasteiger partial charge < -0.3 is 16.0 Å². The molecule has 0 aliphatic heterocycles. The lowest BCUT2D eigenvalue weighted by Gasteiger charge is -2.16. The van der Waals surface area contributed by atoms with Crippen LogP contribution in [-0.4, -0.2) is 26.0 Å². The van der Waals surface area contributed by atoms with E-state index in [1.165, 1.54) is 0 Å². The predicted molar refractivity (Wildman–Crippen MR) is 70.9 cm³/mol. The number of terminal acetylenes is 1. The van der Waals surface area contributed by atoms with Gasteiger partial charge in [-0.15, -0.1) is 6.42 Å². The second-order valence-electron chi connectivity index (χ2n) is 4.03. The molecule has 4 nitrogen and oxygen atoms in total. The minimum Gasteiger partial charge on any atom is -0.397 e. The van der Waals surface area contributed by atoms with Crippen molar-refractivity contribution in [3.05, 3.63) is 23.8 Å². The first kappa shape index (κ1) is 12.9. The summed E-state index contributed by atoms with van der Waals surface area (Å²) in [7, 11) is 3.79. The van der Waals surface area contributed by atoms with Crippen LogP contribution in [0.1, 0.15) is 17.3 Å². The zero-order valence-electron chi connectivity index (χ0n) is 10.3. The van der Waals surface area contributed by atoms with E-state index < -0.39 is 0 Å². The second kappa shape index (κ2) is 5.26. The number of nitrogens with two attached hydrogens (primary N) is 1. The Labute approximate surface area is 102 Å². The molecule has 0 aliphatic rings. The summed E-state index contributed by atoms with van der Waals surface area (Å²) in [4.78, 5) is 13.7. The number of nitrogens with zero attached hydrogens (tertiary/aromatic N) is 1. The Kier molecular flexibility index (Phi) is 4.00. The zero-order chi connectivity index (χ0) is 13.0. The van der Waals surface area contributed by atoms with Crippen LogP contribution in [0.4, 0.5) is 11.4 Å². The number of hydrogen-bond donors (Lipinski definition) is 2. The van der Waals surface area contributed by atoms with Gasteiger partial charge in [-0.2, -0.15) is 0 Å². The lowest BCUT2D eigenvalue weighted by molar-refractivity contribution is 0.0948. The number of nitrogen functional groups attached to an aromatic ring is 1.